The zero-order valence-corrected chi connectivity index (χ0v) is 13.5. The van der Waals surface area contributed by atoms with E-state index in [4.69, 9.17) is 5.73 Å². The monoisotopic (exact) mass is 324 g/mol. The van der Waals surface area contributed by atoms with Crippen molar-refractivity contribution in [1.29, 1.82) is 0 Å². The number of hydrogen-bond acceptors (Lipinski definition) is 4. The fourth-order valence-electron chi connectivity index (χ4n) is 2.77. The van der Waals surface area contributed by atoms with Gasteiger partial charge in [0, 0.05) is 18.7 Å². The lowest BCUT2D eigenvalue weighted by atomic mass is 10.1. The van der Waals surface area contributed by atoms with E-state index in [0.29, 0.717) is 18.1 Å². The maximum Gasteiger partial charge on any atom is 0.229 e. The number of carbonyl (C=O) groups excluding carboxylic acids is 2. The molecule has 1 aliphatic rings. The Morgan fingerprint density at radius 1 is 1.29 bits per heavy atom. The quantitative estimate of drug-likeness (QED) is 0.902. The number of benzene rings is 1. The maximum absolute atomic E-state index is 12.4. The second-order valence-corrected chi connectivity index (χ2v) is 5.89. The van der Waals surface area contributed by atoms with E-state index in [2.05, 4.69) is 17.2 Å². The van der Waals surface area contributed by atoms with Gasteiger partial charge in [0.25, 0.3) is 0 Å². The van der Waals surface area contributed by atoms with Gasteiger partial charge in [-0.1, -0.05) is 19.1 Å². The first-order valence-electron chi connectivity index (χ1n) is 7.98. The molecule has 6 nitrogen and oxygen atoms in total. The molecule has 24 heavy (non-hydrogen) atoms. The van der Waals surface area contributed by atoms with Crippen LogP contribution < -0.4 is 16.0 Å². The highest BCUT2D eigenvalue weighted by Crippen LogP contribution is 2.26. The second kappa shape index (κ2) is 6.70. The van der Waals surface area contributed by atoms with Crippen LogP contribution in [0.15, 0.2) is 42.6 Å². The molecule has 1 unspecified atom stereocenters. The molecule has 1 fully saturated rings. The third kappa shape index (κ3) is 3.37. The number of aryl methyl sites for hydroxylation is 1. The molecule has 6 heteroatoms. The lowest BCUT2D eigenvalue weighted by Gasteiger charge is -2.17. The summed E-state index contributed by atoms with van der Waals surface area (Å²) in [5.41, 5.74) is 8.16. The van der Waals surface area contributed by atoms with Gasteiger partial charge in [0.1, 0.15) is 5.82 Å². The minimum absolute atomic E-state index is 0.0326. The summed E-state index contributed by atoms with van der Waals surface area (Å²) in [6.07, 6.45) is 2.67. The number of pyridine rings is 1. The lowest BCUT2D eigenvalue weighted by Crippen LogP contribution is -2.28. The summed E-state index contributed by atoms with van der Waals surface area (Å²) in [5.74, 6) is -0.191. The highest BCUT2D eigenvalue weighted by Gasteiger charge is 2.35. The van der Waals surface area contributed by atoms with Crippen LogP contribution in [0.25, 0.3) is 0 Å². The SMILES string of the molecule is CCc1ccc(N2CC(C(=O)Nc3ccc(N)nc3)CC2=O)cc1. The van der Waals surface area contributed by atoms with E-state index >= 15 is 0 Å². The molecule has 1 aromatic heterocycles. The number of nitrogens with two attached hydrogens (primary N) is 1. The average Bonchev–Trinajstić information content (AvgIpc) is 2.99. The molecule has 0 aliphatic carbocycles. The first kappa shape index (κ1) is 16.0. The Kier molecular flexibility index (Phi) is 4.46. The number of nitrogen functional groups attached to an aromatic ring is 1. The van der Waals surface area contributed by atoms with Crippen LogP contribution in [0.1, 0.15) is 18.9 Å². The molecule has 0 spiro atoms. The average molecular weight is 324 g/mol. The Balaban J connectivity index is 1.67. The van der Waals surface area contributed by atoms with Gasteiger partial charge >= 0.3 is 0 Å². The van der Waals surface area contributed by atoms with Crippen LogP contribution in [0.5, 0.6) is 0 Å². The van der Waals surface area contributed by atoms with Gasteiger partial charge in [-0.2, -0.15) is 0 Å². The summed E-state index contributed by atoms with van der Waals surface area (Å²) >= 11 is 0. The van der Waals surface area contributed by atoms with Crippen molar-refractivity contribution in [2.24, 2.45) is 5.92 Å². The molecule has 0 saturated carbocycles. The van der Waals surface area contributed by atoms with Crippen molar-refractivity contribution in [2.75, 3.05) is 22.5 Å². The summed E-state index contributed by atoms with van der Waals surface area (Å²) in [7, 11) is 0. The van der Waals surface area contributed by atoms with E-state index in [0.717, 1.165) is 12.1 Å². The van der Waals surface area contributed by atoms with Gasteiger partial charge in [-0.25, -0.2) is 4.98 Å². The number of anilines is 3. The van der Waals surface area contributed by atoms with Crippen molar-refractivity contribution in [2.45, 2.75) is 19.8 Å². The molecule has 1 atom stereocenters. The minimum Gasteiger partial charge on any atom is -0.384 e. The number of rotatable bonds is 4. The first-order valence-corrected chi connectivity index (χ1v) is 7.98. The summed E-state index contributed by atoms with van der Waals surface area (Å²) < 4.78 is 0. The van der Waals surface area contributed by atoms with Crippen molar-refractivity contribution in [3.8, 4) is 0 Å². The summed E-state index contributed by atoms with van der Waals surface area (Å²) in [5, 5.41) is 2.79. The molecule has 1 saturated heterocycles. The Hall–Kier alpha value is -2.89. The molecule has 3 rings (SSSR count). The van der Waals surface area contributed by atoms with E-state index in [1.807, 2.05) is 24.3 Å². The maximum atomic E-state index is 12.4. The highest BCUT2D eigenvalue weighted by atomic mass is 16.2. The third-order valence-electron chi connectivity index (χ3n) is 4.21. The van der Waals surface area contributed by atoms with Crippen LogP contribution in [0.2, 0.25) is 0 Å². The van der Waals surface area contributed by atoms with Crippen LogP contribution in [0.4, 0.5) is 17.2 Å². The molecule has 1 aliphatic heterocycles. The van der Waals surface area contributed by atoms with Crippen molar-refractivity contribution >= 4 is 29.0 Å². The highest BCUT2D eigenvalue weighted by molar-refractivity contribution is 6.03. The first-order chi connectivity index (χ1) is 11.6. The van der Waals surface area contributed by atoms with Crippen LogP contribution >= 0.6 is 0 Å². The van der Waals surface area contributed by atoms with Crippen molar-refractivity contribution < 1.29 is 9.59 Å². The number of carbonyl (C=O) groups is 2. The topological polar surface area (TPSA) is 88.3 Å². The third-order valence-corrected chi connectivity index (χ3v) is 4.21. The van der Waals surface area contributed by atoms with Gasteiger partial charge in [0.2, 0.25) is 11.8 Å². The Labute approximate surface area is 140 Å². The molecule has 3 N–H and O–H groups in total. The fraction of sp³-hybridized carbons (Fsp3) is 0.278. The summed E-state index contributed by atoms with van der Waals surface area (Å²) in [6, 6.07) is 11.2. The lowest BCUT2D eigenvalue weighted by molar-refractivity contribution is -0.122. The Bertz CT molecular complexity index is 741. The minimum atomic E-state index is -0.374. The van der Waals surface area contributed by atoms with E-state index in [9.17, 15) is 9.59 Å². The van der Waals surface area contributed by atoms with Crippen LogP contribution in [-0.4, -0.2) is 23.3 Å². The number of hydrogen-bond donors (Lipinski definition) is 2. The summed E-state index contributed by atoms with van der Waals surface area (Å²) in [4.78, 5) is 30.2. The van der Waals surface area contributed by atoms with E-state index < -0.39 is 0 Å². The fourth-order valence-corrected chi connectivity index (χ4v) is 2.77. The van der Waals surface area contributed by atoms with Gasteiger partial charge in [-0.05, 0) is 36.2 Å². The van der Waals surface area contributed by atoms with Gasteiger partial charge in [0.05, 0.1) is 17.8 Å². The van der Waals surface area contributed by atoms with Crippen LogP contribution in [0.3, 0.4) is 0 Å². The largest absolute Gasteiger partial charge is 0.384 e. The van der Waals surface area contributed by atoms with E-state index in [1.54, 1.807) is 17.0 Å². The zero-order chi connectivity index (χ0) is 17.1. The van der Waals surface area contributed by atoms with Gasteiger partial charge in [-0.15, -0.1) is 0 Å². The molecule has 2 aromatic rings. The van der Waals surface area contributed by atoms with Crippen molar-refractivity contribution in [3.63, 3.8) is 0 Å². The molecule has 1 aromatic carbocycles. The van der Waals surface area contributed by atoms with Crippen LogP contribution in [-0.2, 0) is 16.0 Å². The van der Waals surface area contributed by atoms with E-state index in [1.165, 1.54) is 11.8 Å². The molecular formula is C18H20N4O2. The molecule has 0 radical (unpaired) electrons. The molecule has 2 amide bonds. The van der Waals surface area contributed by atoms with Gasteiger partial charge in [0.15, 0.2) is 0 Å². The second-order valence-electron chi connectivity index (χ2n) is 5.89. The van der Waals surface area contributed by atoms with Crippen molar-refractivity contribution in [3.05, 3.63) is 48.2 Å². The van der Waals surface area contributed by atoms with E-state index in [-0.39, 0.29) is 24.2 Å². The van der Waals surface area contributed by atoms with Gasteiger partial charge < -0.3 is 16.0 Å². The summed E-state index contributed by atoms with van der Waals surface area (Å²) in [6.45, 7) is 2.47. The molecule has 0 bridgehead atoms. The molecule has 2 heterocycles. The molecular weight excluding hydrogens is 304 g/mol. The smallest absolute Gasteiger partial charge is 0.229 e. The predicted molar refractivity (Wildman–Crippen MR) is 93.6 cm³/mol. The normalized spacial score (nSPS) is 17.1. The standard InChI is InChI=1S/C18H20N4O2/c1-2-12-3-6-15(7-4-12)22-11-13(9-17(22)23)18(24)21-14-5-8-16(19)20-10-14/h3-8,10,13H,2,9,11H2,1H3,(H2,19,20)(H,21,24). The molecule has 124 valence electrons. The van der Waals surface area contributed by atoms with Crippen molar-refractivity contribution in [1.82, 2.24) is 4.98 Å². The predicted octanol–water partition coefficient (Wildman–Crippen LogP) is 2.22. The zero-order valence-electron chi connectivity index (χ0n) is 13.5. The Morgan fingerprint density at radius 3 is 2.67 bits per heavy atom. The van der Waals surface area contributed by atoms with Gasteiger partial charge in [-0.3, -0.25) is 9.59 Å². The number of amides is 2. The number of nitrogens with one attached hydrogen (secondary N) is 1. The number of nitrogens with zero attached hydrogens (tertiary/aromatic N) is 2. The Morgan fingerprint density at radius 2 is 2.04 bits per heavy atom. The number of aromatic nitrogens is 1. The van der Waals surface area contributed by atoms with Crippen LogP contribution in [0, 0.1) is 5.92 Å².